The maximum absolute atomic E-state index is 13.1. The molecule has 1 fully saturated rings. The monoisotopic (exact) mass is 285 g/mol. The summed E-state index contributed by atoms with van der Waals surface area (Å²) in [7, 11) is 0. The number of halogens is 2. The Labute approximate surface area is 116 Å². The average molecular weight is 285 g/mol. The van der Waals surface area contributed by atoms with Crippen LogP contribution in [-0.4, -0.2) is 17.2 Å². The molecule has 1 unspecified atom stereocenters. The lowest BCUT2D eigenvalue weighted by atomic mass is 10.2. The number of thioether (sulfide) groups is 1. The Morgan fingerprint density at radius 3 is 2.63 bits per heavy atom. The fraction of sp³-hybridized carbons (Fsp3) is 0.500. The first kappa shape index (κ1) is 14.3. The number of carbonyl (C=O) groups is 1. The zero-order chi connectivity index (χ0) is 13.8. The van der Waals surface area contributed by atoms with Crippen LogP contribution in [-0.2, 0) is 4.79 Å². The van der Waals surface area contributed by atoms with E-state index >= 15 is 0 Å². The first-order chi connectivity index (χ1) is 9.06. The highest BCUT2D eigenvalue weighted by atomic mass is 32.2. The molecule has 1 amide bonds. The number of benzene rings is 1. The number of amides is 1. The molecule has 0 heterocycles. The lowest BCUT2D eigenvalue weighted by Crippen LogP contribution is -2.37. The molecule has 5 heteroatoms. The van der Waals surface area contributed by atoms with Crippen LogP contribution in [0.2, 0.25) is 0 Å². The van der Waals surface area contributed by atoms with E-state index in [2.05, 4.69) is 5.32 Å². The van der Waals surface area contributed by atoms with Crippen molar-refractivity contribution in [1.29, 1.82) is 0 Å². The second kappa shape index (κ2) is 6.37. The van der Waals surface area contributed by atoms with Crippen molar-refractivity contribution in [3.05, 3.63) is 29.8 Å². The lowest BCUT2D eigenvalue weighted by Gasteiger charge is -2.16. The minimum absolute atomic E-state index is 0.0402. The van der Waals surface area contributed by atoms with Crippen molar-refractivity contribution in [3.63, 3.8) is 0 Å². The first-order valence-corrected chi connectivity index (χ1v) is 7.36. The van der Waals surface area contributed by atoms with Crippen LogP contribution < -0.4 is 5.32 Å². The molecule has 1 aromatic rings. The van der Waals surface area contributed by atoms with Crippen LogP contribution in [0.4, 0.5) is 8.78 Å². The molecule has 0 saturated heterocycles. The van der Waals surface area contributed by atoms with Crippen LogP contribution in [0.25, 0.3) is 0 Å². The van der Waals surface area contributed by atoms with Gasteiger partial charge in [-0.1, -0.05) is 12.8 Å². The average Bonchev–Trinajstić information content (AvgIpc) is 2.86. The Balaban J connectivity index is 1.90. The lowest BCUT2D eigenvalue weighted by molar-refractivity contribution is -0.120. The van der Waals surface area contributed by atoms with Gasteiger partial charge in [0.2, 0.25) is 5.91 Å². The molecule has 0 aromatic heterocycles. The SMILES string of the molecule is CC(Sc1ccc(F)c(F)c1)C(=O)NC1CCCC1. The van der Waals surface area contributed by atoms with E-state index in [1.807, 2.05) is 0 Å². The van der Waals surface area contributed by atoms with E-state index in [1.54, 1.807) is 6.92 Å². The van der Waals surface area contributed by atoms with Crippen molar-refractivity contribution in [2.24, 2.45) is 0 Å². The second-order valence-corrected chi connectivity index (χ2v) is 6.24. The minimum Gasteiger partial charge on any atom is -0.352 e. The molecule has 2 rings (SSSR count). The van der Waals surface area contributed by atoms with E-state index < -0.39 is 11.6 Å². The standard InChI is InChI=1S/C14H17F2NOS/c1-9(14(18)17-10-4-2-3-5-10)19-11-6-7-12(15)13(16)8-11/h6-10H,2-5H2,1H3,(H,17,18). The van der Waals surface area contributed by atoms with Crippen LogP contribution in [0.5, 0.6) is 0 Å². The number of nitrogens with one attached hydrogen (secondary N) is 1. The summed E-state index contributed by atoms with van der Waals surface area (Å²) < 4.78 is 25.9. The second-order valence-electron chi connectivity index (χ2n) is 4.83. The van der Waals surface area contributed by atoms with Crippen LogP contribution in [0.15, 0.2) is 23.1 Å². The molecule has 0 spiro atoms. The number of carbonyl (C=O) groups excluding carboxylic acids is 1. The van der Waals surface area contributed by atoms with Gasteiger partial charge in [0.1, 0.15) is 0 Å². The van der Waals surface area contributed by atoms with Crippen molar-refractivity contribution in [1.82, 2.24) is 5.32 Å². The Morgan fingerprint density at radius 1 is 1.32 bits per heavy atom. The highest BCUT2D eigenvalue weighted by Crippen LogP contribution is 2.25. The van der Waals surface area contributed by atoms with Gasteiger partial charge >= 0.3 is 0 Å². The van der Waals surface area contributed by atoms with Crippen molar-refractivity contribution in [2.75, 3.05) is 0 Å². The molecule has 104 valence electrons. The summed E-state index contributed by atoms with van der Waals surface area (Å²) in [5.41, 5.74) is 0. The highest BCUT2D eigenvalue weighted by Gasteiger charge is 2.21. The van der Waals surface area contributed by atoms with Crippen LogP contribution >= 0.6 is 11.8 Å². The van der Waals surface area contributed by atoms with Gasteiger partial charge in [0.15, 0.2) is 11.6 Å². The molecule has 1 aromatic carbocycles. The van der Waals surface area contributed by atoms with Gasteiger partial charge in [0.25, 0.3) is 0 Å². The van der Waals surface area contributed by atoms with Gasteiger partial charge in [-0.05, 0) is 38.0 Å². The van der Waals surface area contributed by atoms with Crippen LogP contribution in [0.1, 0.15) is 32.6 Å². The maximum Gasteiger partial charge on any atom is 0.233 e. The molecule has 1 aliphatic rings. The summed E-state index contributed by atoms with van der Waals surface area (Å²) in [6.07, 6.45) is 4.40. The fourth-order valence-corrected chi connectivity index (χ4v) is 3.10. The first-order valence-electron chi connectivity index (χ1n) is 6.48. The topological polar surface area (TPSA) is 29.1 Å². The molecule has 19 heavy (non-hydrogen) atoms. The van der Waals surface area contributed by atoms with E-state index in [0.717, 1.165) is 37.8 Å². The molecule has 1 saturated carbocycles. The number of hydrogen-bond donors (Lipinski definition) is 1. The summed E-state index contributed by atoms with van der Waals surface area (Å²) in [5, 5.41) is 2.68. The van der Waals surface area contributed by atoms with E-state index in [9.17, 15) is 13.6 Å². The maximum atomic E-state index is 13.1. The largest absolute Gasteiger partial charge is 0.352 e. The third kappa shape index (κ3) is 3.93. The molecular formula is C14H17F2NOS. The summed E-state index contributed by atoms with van der Waals surface area (Å²) in [6.45, 7) is 1.77. The van der Waals surface area contributed by atoms with Gasteiger partial charge in [-0.25, -0.2) is 8.78 Å². The molecule has 0 aliphatic heterocycles. The Morgan fingerprint density at radius 2 is 2.00 bits per heavy atom. The zero-order valence-electron chi connectivity index (χ0n) is 10.8. The fourth-order valence-electron chi connectivity index (χ4n) is 2.20. The summed E-state index contributed by atoms with van der Waals surface area (Å²) in [4.78, 5) is 12.5. The van der Waals surface area contributed by atoms with Gasteiger partial charge in [-0.3, -0.25) is 4.79 Å². The van der Waals surface area contributed by atoms with Gasteiger partial charge in [-0.15, -0.1) is 11.8 Å². The summed E-state index contributed by atoms with van der Waals surface area (Å²) in [5.74, 6) is -1.79. The van der Waals surface area contributed by atoms with E-state index in [0.29, 0.717) is 4.90 Å². The predicted molar refractivity (Wildman–Crippen MR) is 72.1 cm³/mol. The normalized spacial score (nSPS) is 17.4. The zero-order valence-corrected chi connectivity index (χ0v) is 11.6. The summed E-state index contributed by atoms with van der Waals surface area (Å²) in [6, 6.07) is 3.97. The third-order valence-corrected chi connectivity index (χ3v) is 4.37. The summed E-state index contributed by atoms with van der Waals surface area (Å²) >= 11 is 1.24. The Bertz CT molecular complexity index is 461. The van der Waals surface area contributed by atoms with Crippen LogP contribution in [0.3, 0.4) is 0 Å². The predicted octanol–water partition coefficient (Wildman–Crippen LogP) is 3.50. The molecular weight excluding hydrogens is 268 g/mol. The van der Waals surface area contributed by atoms with Gasteiger partial charge in [0, 0.05) is 10.9 Å². The van der Waals surface area contributed by atoms with Crippen molar-refractivity contribution < 1.29 is 13.6 Å². The Hall–Kier alpha value is -1.10. The van der Waals surface area contributed by atoms with E-state index in [1.165, 1.54) is 17.8 Å². The molecule has 1 N–H and O–H groups in total. The van der Waals surface area contributed by atoms with Gasteiger partial charge in [0.05, 0.1) is 5.25 Å². The smallest absolute Gasteiger partial charge is 0.233 e. The Kier molecular flexibility index (Phi) is 4.80. The highest BCUT2D eigenvalue weighted by molar-refractivity contribution is 8.00. The molecule has 1 atom stereocenters. The van der Waals surface area contributed by atoms with E-state index in [-0.39, 0.29) is 17.2 Å². The van der Waals surface area contributed by atoms with Gasteiger partial charge < -0.3 is 5.32 Å². The molecule has 1 aliphatic carbocycles. The number of rotatable bonds is 4. The van der Waals surface area contributed by atoms with Crippen molar-refractivity contribution >= 4 is 17.7 Å². The third-order valence-electron chi connectivity index (χ3n) is 3.27. The number of hydrogen-bond acceptors (Lipinski definition) is 2. The minimum atomic E-state index is -0.881. The van der Waals surface area contributed by atoms with Crippen LogP contribution in [0, 0.1) is 11.6 Å². The van der Waals surface area contributed by atoms with Crippen molar-refractivity contribution in [3.8, 4) is 0 Å². The quantitative estimate of drug-likeness (QED) is 0.858. The van der Waals surface area contributed by atoms with Crippen molar-refractivity contribution in [2.45, 2.75) is 48.8 Å². The van der Waals surface area contributed by atoms with E-state index in [4.69, 9.17) is 0 Å². The van der Waals surface area contributed by atoms with Gasteiger partial charge in [-0.2, -0.15) is 0 Å². The molecule has 0 bridgehead atoms. The molecule has 2 nitrogen and oxygen atoms in total. The molecule has 0 radical (unpaired) electrons.